The number of rotatable bonds is 3. The molecule has 1 aliphatic rings. The molecule has 0 spiro atoms. The van der Waals surface area contributed by atoms with E-state index in [0.717, 1.165) is 6.42 Å². The zero-order chi connectivity index (χ0) is 14.0. The zero-order valence-corrected chi connectivity index (χ0v) is 10.5. The van der Waals surface area contributed by atoms with Crippen molar-refractivity contribution in [3.05, 3.63) is 23.8 Å². The van der Waals surface area contributed by atoms with E-state index in [9.17, 15) is 14.7 Å². The van der Waals surface area contributed by atoms with Crippen LogP contribution >= 0.6 is 0 Å². The number of hydrogen-bond acceptors (Lipinski definition) is 4. The smallest absolute Gasteiger partial charge is 0.339 e. The Morgan fingerprint density at radius 3 is 2.74 bits per heavy atom. The van der Waals surface area contributed by atoms with Gasteiger partial charge in [-0.25, -0.2) is 4.79 Å². The largest absolute Gasteiger partial charge is 0.507 e. The number of ether oxygens (including phenoxy) is 1. The highest BCUT2D eigenvalue weighted by molar-refractivity contribution is 5.99. The van der Waals surface area contributed by atoms with E-state index in [1.165, 1.54) is 18.2 Å². The summed E-state index contributed by atoms with van der Waals surface area (Å²) in [5.74, 6) is -1.90. The minimum atomic E-state index is -1.25. The summed E-state index contributed by atoms with van der Waals surface area (Å²) in [7, 11) is 0. The van der Waals surface area contributed by atoms with Crippen LogP contribution in [0.25, 0.3) is 0 Å². The standard InChI is InChI=1S/C13H15NO5/c1-13(5-2-6-19-13)12(18)14-8-3-4-10(15)9(7-8)11(16)17/h3-4,7,15H,2,5-6H2,1H3,(H,14,18)(H,16,17). The molecule has 19 heavy (non-hydrogen) atoms. The van der Waals surface area contributed by atoms with Gasteiger partial charge in [0.05, 0.1) is 0 Å². The summed E-state index contributed by atoms with van der Waals surface area (Å²) in [6.07, 6.45) is 1.45. The molecular formula is C13H15NO5. The van der Waals surface area contributed by atoms with Gasteiger partial charge in [-0.2, -0.15) is 0 Å². The van der Waals surface area contributed by atoms with E-state index >= 15 is 0 Å². The molecule has 102 valence electrons. The molecule has 1 fully saturated rings. The normalized spacial score (nSPS) is 22.2. The van der Waals surface area contributed by atoms with Crippen molar-refractivity contribution in [3.8, 4) is 5.75 Å². The van der Waals surface area contributed by atoms with Gasteiger partial charge in [-0.05, 0) is 38.0 Å². The second-order valence-electron chi connectivity index (χ2n) is 4.67. The number of hydrogen-bond donors (Lipinski definition) is 3. The van der Waals surface area contributed by atoms with E-state index < -0.39 is 11.6 Å². The lowest BCUT2D eigenvalue weighted by Crippen LogP contribution is -2.39. The van der Waals surface area contributed by atoms with Crippen LogP contribution in [0.5, 0.6) is 5.75 Å². The van der Waals surface area contributed by atoms with Crippen LogP contribution in [0, 0.1) is 0 Å². The van der Waals surface area contributed by atoms with Crippen LogP contribution in [0.2, 0.25) is 0 Å². The summed E-state index contributed by atoms with van der Waals surface area (Å²) in [5, 5.41) is 20.9. The maximum atomic E-state index is 12.1. The van der Waals surface area contributed by atoms with Gasteiger partial charge < -0.3 is 20.3 Å². The summed E-state index contributed by atoms with van der Waals surface area (Å²) in [5.41, 5.74) is -0.811. The fourth-order valence-electron chi connectivity index (χ4n) is 2.01. The monoisotopic (exact) mass is 265 g/mol. The quantitative estimate of drug-likeness (QED) is 0.721. The zero-order valence-electron chi connectivity index (χ0n) is 10.5. The fourth-order valence-corrected chi connectivity index (χ4v) is 2.01. The third kappa shape index (κ3) is 2.68. The maximum Gasteiger partial charge on any atom is 0.339 e. The van der Waals surface area contributed by atoms with Crippen LogP contribution in [0.4, 0.5) is 5.69 Å². The maximum absolute atomic E-state index is 12.1. The molecule has 1 unspecified atom stereocenters. The molecule has 3 N–H and O–H groups in total. The van der Waals surface area contributed by atoms with Crippen LogP contribution < -0.4 is 5.32 Å². The van der Waals surface area contributed by atoms with Gasteiger partial charge in [0.2, 0.25) is 0 Å². The third-order valence-electron chi connectivity index (χ3n) is 3.18. The van der Waals surface area contributed by atoms with Gasteiger partial charge in [-0.1, -0.05) is 0 Å². The average Bonchev–Trinajstić information content (AvgIpc) is 2.79. The number of aromatic carboxylic acids is 1. The lowest BCUT2D eigenvalue weighted by atomic mass is 10.0. The molecule has 1 aromatic carbocycles. The first-order valence-electron chi connectivity index (χ1n) is 5.94. The van der Waals surface area contributed by atoms with E-state index in [2.05, 4.69) is 5.32 Å². The predicted molar refractivity (Wildman–Crippen MR) is 67.3 cm³/mol. The molecule has 2 rings (SSSR count). The van der Waals surface area contributed by atoms with Crippen LogP contribution in [0.1, 0.15) is 30.1 Å². The number of amides is 1. The van der Waals surface area contributed by atoms with E-state index in [1.807, 2.05) is 0 Å². The number of phenols is 1. The van der Waals surface area contributed by atoms with Crippen LogP contribution in [0.15, 0.2) is 18.2 Å². The lowest BCUT2D eigenvalue weighted by molar-refractivity contribution is -0.133. The summed E-state index contributed by atoms with van der Waals surface area (Å²) < 4.78 is 5.40. The lowest BCUT2D eigenvalue weighted by Gasteiger charge is -2.22. The Labute approximate surface area is 110 Å². The summed E-state index contributed by atoms with van der Waals surface area (Å²) in [6, 6.07) is 3.89. The van der Waals surface area contributed by atoms with Gasteiger partial charge in [0.25, 0.3) is 5.91 Å². The van der Waals surface area contributed by atoms with Crippen molar-refractivity contribution in [2.24, 2.45) is 0 Å². The number of carbonyl (C=O) groups excluding carboxylic acids is 1. The van der Waals surface area contributed by atoms with Crippen LogP contribution in [0.3, 0.4) is 0 Å². The van der Waals surface area contributed by atoms with Crippen molar-refractivity contribution in [1.29, 1.82) is 0 Å². The Morgan fingerprint density at radius 1 is 1.42 bits per heavy atom. The van der Waals surface area contributed by atoms with E-state index in [0.29, 0.717) is 18.7 Å². The Bertz CT molecular complexity index is 520. The number of carbonyl (C=O) groups is 2. The molecule has 6 nitrogen and oxygen atoms in total. The van der Waals surface area contributed by atoms with Crippen LogP contribution in [-0.4, -0.2) is 34.3 Å². The van der Waals surface area contributed by atoms with Crippen molar-refractivity contribution < 1.29 is 24.5 Å². The molecule has 0 aliphatic carbocycles. The topological polar surface area (TPSA) is 95.9 Å². The Kier molecular flexibility index (Phi) is 3.44. The van der Waals surface area contributed by atoms with E-state index in [-0.39, 0.29) is 17.2 Å². The molecular weight excluding hydrogens is 250 g/mol. The van der Waals surface area contributed by atoms with Crippen molar-refractivity contribution in [2.45, 2.75) is 25.4 Å². The molecule has 1 heterocycles. The first kappa shape index (κ1) is 13.4. The first-order chi connectivity index (χ1) is 8.92. The highest BCUT2D eigenvalue weighted by Crippen LogP contribution is 2.28. The number of anilines is 1. The molecule has 1 aliphatic heterocycles. The van der Waals surface area contributed by atoms with Crippen molar-refractivity contribution in [3.63, 3.8) is 0 Å². The summed E-state index contributed by atoms with van der Waals surface area (Å²) >= 11 is 0. The predicted octanol–water partition coefficient (Wildman–Crippen LogP) is 1.60. The minimum absolute atomic E-state index is 0.254. The second kappa shape index (κ2) is 4.89. The number of carboxylic acid groups (broad SMARTS) is 1. The van der Waals surface area contributed by atoms with Gasteiger partial charge in [-0.15, -0.1) is 0 Å². The molecule has 1 atom stereocenters. The van der Waals surface area contributed by atoms with Gasteiger partial charge in [0.15, 0.2) is 0 Å². The van der Waals surface area contributed by atoms with Crippen molar-refractivity contribution in [1.82, 2.24) is 0 Å². The van der Waals surface area contributed by atoms with Gasteiger partial charge in [-0.3, -0.25) is 4.79 Å². The number of nitrogens with one attached hydrogen (secondary N) is 1. The molecule has 0 bridgehead atoms. The molecule has 6 heteroatoms. The van der Waals surface area contributed by atoms with Gasteiger partial charge >= 0.3 is 5.97 Å². The highest BCUT2D eigenvalue weighted by Gasteiger charge is 2.37. The highest BCUT2D eigenvalue weighted by atomic mass is 16.5. The van der Waals surface area contributed by atoms with Gasteiger partial charge in [0, 0.05) is 12.3 Å². The average molecular weight is 265 g/mol. The van der Waals surface area contributed by atoms with E-state index in [4.69, 9.17) is 9.84 Å². The third-order valence-corrected chi connectivity index (χ3v) is 3.18. The molecule has 0 radical (unpaired) electrons. The number of aromatic hydroxyl groups is 1. The number of benzene rings is 1. The Balaban J connectivity index is 2.17. The fraction of sp³-hybridized carbons (Fsp3) is 0.385. The van der Waals surface area contributed by atoms with Crippen LogP contribution in [-0.2, 0) is 9.53 Å². The molecule has 0 aromatic heterocycles. The van der Waals surface area contributed by atoms with Gasteiger partial charge in [0.1, 0.15) is 16.9 Å². The molecule has 0 saturated carbocycles. The molecule has 1 saturated heterocycles. The second-order valence-corrected chi connectivity index (χ2v) is 4.67. The summed E-state index contributed by atoms with van der Waals surface area (Å²) in [6.45, 7) is 2.24. The Morgan fingerprint density at radius 2 is 2.16 bits per heavy atom. The minimum Gasteiger partial charge on any atom is -0.507 e. The molecule has 1 amide bonds. The van der Waals surface area contributed by atoms with E-state index in [1.54, 1.807) is 6.92 Å². The summed E-state index contributed by atoms with van der Waals surface area (Å²) in [4.78, 5) is 22.9. The first-order valence-corrected chi connectivity index (χ1v) is 5.94. The number of carboxylic acids is 1. The van der Waals surface area contributed by atoms with Crippen molar-refractivity contribution >= 4 is 17.6 Å². The van der Waals surface area contributed by atoms with Crippen molar-refractivity contribution in [2.75, 3.05) is 11.9 Å². The SMILES string of the molecule is CC1(C(=O)Nc2ccc(O)c(C(=O)O)c2)CCCO1. The Hall–Kier alpha value is -2.08. The molecule has 1 aromatic rings.